The van der Waals surface area contributed by atoms with Gasteiger partial charge in [0.05, 0.1) is 0 Å². The molecule has 1 fully saturated rings. The average Bonchev–Trinajstić information content (AvgIpc) is 2.70. The minimum atomic E-state index is 0.0640. The van der Waals surface area contributed by atoms with Crippen LogP contribution in [0, 0.1) is 6.92 Å². The third-order valence-electron chi connectivity index (χ3n) is 5.04. The lowest BCUT2D eigenvalue weighted by Crippen LogP contribution is -2.52. The van der Waals surface area contributed by atoms with Crippen molar-refractivity contribution in [3.05, 3.63) is 51.9 Å². The number of aryl methyl sites for hydroxylation is 2. The van der Waals surface area contributed by atoms with Gasteiger partial charge in [0, 0.05) is 63.0 Å². The molecule has 0 N–H and O–H groups in total. The summed E-state index contributed by atoms with van der Waals surface area (Å²) in [5.74, 6) is 1.79. The molecule has 0 aliphatic carbocycles. The van der Waals surface area contributed by atoms with Crippen LogP contribution in [0.5, 0.6) is 0 Å². The van der Waals surface area contributed by atoms with E-state index in [1.165, 1.54) is 11.1 Å². The van der Waals surface area contributed by atoms with Gasteiger partial charge in [0.2, 0.25) is 0 Å². The third-order valence-corrected chi connectivity index (χ3v) is 5.30. The molecule has 0 bridgehead atoms. The summed E-state index contributed by atoms with van der Waals surface area (Å²) >= 11 is 6.04. The van der Waals surface area contributed by atoms with Crippen LogP contribution in [0.3, 0.4) is 0 Å². The van der Waals surface area contributed by atoms with E-state index < -0.39 is 0 Å². The van der Waals surface area contributed by atoms with Crippen LogP contribution in [0.25, 0.3) is 0 Å². The summed E-state index contributed by atoms with van der Waals surface area (Å²) in [6.07, 6.45) is 1.63. The molecule has 2 amide bonds. The van der Waals surface area contributed by atoms with Crippen LogP contribution in [0.15, 0.2) is 24.3 Å². The van der Waals surface area contributed by atoms with Gasteiger partial charge in [0.25, 0.3) is 0 Å². The standard InChI is InChI=1S/C21H28ClN5O/c1-5-19-18(14-16-6-8-17(22)9-7-16)20(24-15(2)23-19)26-10-12-27(13-11-26)21(28)25(3)4/h6-9H,5,10-14H2,1-4H3. The van der Waals surface area contributed by atoms with E-state index in [1.807, 2.05) is 24.0 Å². The van der Waals surface area contributed by atoms with E-state index in [0.29, 0.717) is 13.1 Å². The van der Waals surface area contributed by atoms with Crippen molar-refractivity contribution >= 4 is 23.4 Å². The van der Waals surface area contributed by atoms with E-state index in [1.54, 1.807) is 19.0 Å². The van der Waals surface area contributed by atoms with Gasteiger partial charge in [0.1, 0.15) is 11.6 Å². The monoisotopic (exact) mass is 401 g/mol. The molecule has 0 atom stereocenters. The zero-order valence-electron chi connectivity index (χ0n) is 17.1. The van der Waals surface area contributed by atoms with Crippen LogP contribution in [0.1, 0.15) is 29.6 Å². The van der Waals surface area contributed by atoms with Crippen LogP contribution < -0.4 is 4.90 Å². The van der Waals surface area contributed by atoms with E-state index in [4.69, 9.17) is 21.6 Å². The molecule has 2 aromatic rings. The van der Waals surface area contributed by atoms with Crippen LogP contribution in [-0.4, -0.2) is 66.1 Å². The number of anilines is 1. The largest absolute Gasteiger partial charge is 0.353 e. The van der Waals surface area contributed by atoms with Crippen molar-refractivity contribution in [2.45, 2.75) is 26.7 Å². The Morgan fingerprint density at radius 1 is 1.11 bits per heavy atom. The van der Waals surface area contributed by atoms with Crippen molar-refractivity contribution in [2.24, 2.45) is 0 Å². The van der Waals surface area contributed by atoms with E-state index in [9.17, 15) is 4.79 Å². The lowest BCUT2D eigenvalue weighted by atomic mass is 10.0. The molecule has 1 aromatic heterocycles. The number of carbonyl (C=O) groups is 1. The SMILES string of the molecule is CCc1nc(C)nc(N2CCN(C(=O)N(C)C)CC2)c1Cc1ccc(Cl)cc1. The average molecular weight is 402 g/mol. The smallest absolute Gasteiger partial charge is 0.319 e. The highest BCUT2D eigenvalue weighted by Crippen LogP contribution is 2.26. The van der Waals surface area contributed by atoms with E-state index in [0.717, 1.165) is 48.3 Å². The topological polar surface area (TPSA) is 52.6 Å². The lowest BCUT2D eigenvalue weighted by Gasteiger charge is -2.37. The Morgan fingerprint density at radius 3 is 2.32 bits per heavy atom. The van der Waals surface area contributed by atoms with E-state index in [-0.39, 0.29) is 6.03 Å². The number of hydrogen-bond donors (Lipinski definition) is 0. The quantitative estimate of drug-likeness (QED) is 0.787. The minimum Gasteiger partial charge on any atom is -0.353 e. The molecule has 0 saturated carbocycles. The van der Waals surface area contributed by atoms with Crippen molar-refractivity contribution in [1.29, 1.82) is 0 Å². The van der Waals surface area contributed by atoms with Gasteiger partial charge in [0.15, 0.2) is 0 Å². The Morgan fingerprint density at radius 2 is 1.75 bits per heavy atom. The van der Waals surface area contributed by atoms with Crippen molar-refractivity contribution in [2.75, 3.05) is 45.2 Å². The summed E-state index contributed by atoms with van der Waals surface area (Å²) in [6.45, 7) is 7.01. The normalized spacial score (nSPS) is 14.3. The van der Waals surface area contributed by atoms with Gasteiger partial charge in [-0.15, -0.1) is 0 Å². The molecule has 1 aliphatic heterocycles. The van der Waals surface area contributed by atoms with Crippen molar-refractivity contribution in [3.8, 4) is 0 Å². The third kappa shape index (κ3) is 4.55. The van der Waals surface area contributed by atoms with Crippen LogP contribution in [0.2, 0.25) is 5.02 Å². The Bertz CT molecular complexity index is 829. The zero-order chi connectivity index (χ0) is 20.3. The molecule has 1 aliphatic rings. The van der Waals surface area contributed by atoms with Crippen LogP contribution in [-0.2, 0) is 12.8 Å². The highest BCUT2D eigenvalue weighted by molar-refractivity contribution is 6.30. The molecule has 0 unspecified atom stereocenters. The number of aromatic nitrogens is 2. The molecule has 1 aromatic carbocycles. The highest BCUT2D eigenvalue weighted by atomic mass is 35.5. The molecular weight excluding hydrogens is 374 g/mol. The molecule has 1 saturated heterocycles. The van der Waals surface area contributed by atoms with Crippen LogP contribution >= 0.6 is 11.6 Å². The summed E-state index contributed by atoms with van der Waals surface area (Å²) in [7, 11) is 3.58. The highest BCUT2D eigenvalue weighted by Gasteiger charge is 2.25. The van der Waals surface area contributed by atoms with Gasteiger partial charge in [-0.25, -0.2) is 14.8 Å². The molecule has 7 heteroatoms. The molecule has 28 heavy (non-hydrogen) atoms. The Balaban J connectivity index is 1.87. The second-order valence-electron chi connectivity index (χ2n) is 7.33. The summed E-state index contributed by atoms with van der Waals surface area (Å²) in [5.41, 5.74) is 3.45. The Labute approximate surface area is 172 Å². The maximum atomic E-state index is 12.2. The predicted octanol–water partition coefficient (Wildman–Crippen LogP) is 3.40. The predicted molar refractivity (Wildman–Crippen MR) is 113 cm³/mol. The van der Waals surface area contributed by atoms with Crippen molar-refractivity contribution in [1.82, 2.24) is 19.8 Å². The van der Waals surface area contributed by atoms with Crippen molar-refractivity contribution in [3.63, 3.8) is 0 Å². The van der Waals surface area contributed by atoms with Gasteiger partial charge in [-0.1, -0.05) is 30.7 Å². The van der Waals surface area contributed by atoms with E-state index >= 15 is 0 Å². The number of rotatable bonds is 4. The number of urea groups is 1. The molecule has 6 nitrogen and oxygen atoms in total. The summed E-state index contributed by atoms with van der Waals surface area (Å²) < 4.78 is 0. The number of carbonyl (C=O) groups excluding carboxylic acids is 1. The molecule has 0 spiro atoms. The summed E-state index contributed by atoms with van der Waals surface area (Å²) in [4.78, 5) is 27.5. The van der Waals surface area contributed by atoms with Crippen LogP contribution in [0.4, 0.5) is 10.6 Å². The first-order valence-corrected chi connectivity index (χ1v) is 10.1. The summed E-state index contributed by atoms with van der Waals surface area (Å²) in [6, 6.07) is 8.01. The fourth-order valence-electron chi connectivity index (χ4n) is 3.57. The first-order chi connectivity index (χ1) is 13.4. The number of benzene rings is 1. The van der Waals surface area contributed by atoms with Crippen molar-refractivity contribution < 1.29 is 4.79 Å². The number of halogens is 1. The van der Waals surface area contributed by atoms with Gasteiger partial charge in [-0.3, -0.25) is 0 Å². The molecule has 2 heterocycles. The fourth-order valence-corrected chi connectivity index (χ4v) is 3.70. The maximum Gasteiger partial charge on any atom is 0.319 e. The van der Waals surface area contributed by atoms with Gasteiger partial charge >= 0.3 is 6.03 Å². The summed E-state index contributed by atoms with van der Waals surface area (Å²) in [5, 5.41) is 0.738. The number of nitrogens with zero attached hydrogens (tertiary/aromatic N) is 5. The van der Waals surface area contributed by atoms with Gasteiger partial charge < -0.3 is 14.7 Å². The van der Waals surface area contributed by atoms with E-state index in [2.05, 4.69) is 24.0 Å². The zero-order valence-corrected chi connectivity index (χ0v) is 17.8. The number of hydrogen-bond acceptors (Lipinski definition) is 4. The molecule has 0 radical (unpaired) electrons. The second kappa shape index (κ2) is 8.78. The lowest BCUT2D eigenvalue weighted by molar-refractivity contribution is 0.168. The maximum absolute atomic E-state index is 12.2. The number of piperazine rings is 1. The fraction of sp³-hybridized carbons (Fsp3) is 0.476. The van der Waals surface area contributed by atoms with Gasteiger partial charge in [-0.05, 0) is 31.0 Å². The van der Waals surface area contributed by atoms with Gasteiger partial charge in [-0.2, -0.15) is 0 Å². The Kier molecular flexibility index (Phi) is 6.39. The first-order valence-electron chi connectivity index (χ1n) is 9.71. The molecular formula is C21H28ClN5O. The molecule has 150 valence electrons. The minimum absolute atomic E-state index is 0.0640. The first kappa shape index (κ1) is 20.4. The number of amides is 2. The second-order valence-corrected chi connectivity index (χ2v) is 7.76. The molecule has 3 rings (SSSR count). The Hall–Kier alpha value is -2.34.